The highest BCUT2D eigenvalue weighted by atomic mass is 79.9. The van der Waals surface area contributed by atoms with Gasteiger partial charge in [0.15, 0.2) is 6.61 Å². The third-order valence-corrected chi connectivity index (χ3v) is 3.49. The predicted molar refractivity (Wildman–Crippen MR) is 82.3 cm³/mol. The molecule has 0 saturated heterocycles. The lowest BCUT2D eigenvalue weighted by atomic mass is 10.2. The minimum Gasteiger partial charge on any atom is -0.482 e. The number of nitrogens with two attached hydrogens (primary N) is 1. The molecule has 2 aromatic carbocycles. The number of benzene rings is 2. The second-order valence-electron chi connectivity index (χ2n) is 4.19. The fourth-order valence-corrected chi connectivity index (χ4v) is 2.07. The van der Waals surface area contributed by atoms with Crippen molar-refractivity contribution < 1.29 is 9.53 Å². The number of para-hydroxylation sites is 2. The highest BCUT2D eigenvalue weighted by Gasteiger charge is 2.05. The SMILES string of the molecule is Nc1ccccc1OCC(=O)NCc1ccccc1Br. The molecule has 0 aromatic heterocycles. The molecule has 3 N–H and O–H groups in total. The Morgan fingerprint density at radius 3 is 2.60 bits per heavy atom. The smallest absolute Gasteiger partial charge is 0.258 e. The fourth-order valence-electron chi connectivity index (χ4n) is 1.64. The van der Waals surface area contributed by atoms with Crippen LogP contribution in [0.25, 0.3) is 0 Å². The molecule has 0 aliphatic rings. The molecule has 0 spiro atoms. The van der Waals surface area contributed by atoms with E-state index in [1.165, 1.54) is 0 Å². The van der Waals surface area contributed by atoms with Crippen LogP contribution in [0.1, 0.15) is 5.56 Å². The maximum atomic E-state index is 11.7. The summed E-state index contributed by atoms with van der Waals surface area (Å²) in [6.07, 6.45) is 0. The molecular formula is C15H15BrN2O2. The van der Waals surface area contributed by atoms with Crippen molar-refractivity contribution in [2.75, 3.05) is 12.3 Å². The van der Waals surface area contributed by atoms with Crippen LogP contribution in [0.5, 0.6) is 5.75 Å². The van der Waals surface area contributed by atoms with Crippen molar-refractivity contribution in [1.29, 1.82) is 0 Å². The number of halogens is 1. The standard InChI is InChI=1S/C15H15BrN2O2/c16-12-6-2-1-5-11(12)9-18-15(19)10-20-14-8-4-3-7-13(14)17/h1-8H,9-10,17H2,(H,18,19). The first kappa shape index (κ1) is 14.4. The van der Waals surface area contributed by atoms with E-state index < -0.39 is 0 Å². The second-order valence-corrected chi connectivity index (χ2v) is 5.05. The van der Waals surface area contributed by atoms with Crippen molar-refractivity contribution in [2.24, 2.45) is 0 Å². The zero-order chi connectivity index (χ0) is 14.4. The third kappa shape index (κ3) is 3.99. The van der Waals surface area contributed by atoms with Crippen molar-refractivity contribution in [3.63, 3.8) is 0 Å². The van der Waals surface area contributed by atoms with E-state index in [0.29, 0.717) is 18.0 Å². The summed E-state index contributed by atoms with van der Waals surface area (Å²) in [5.74, 6) is 0.326. The second kappa shape index (κ2) is 6.96. The molecule has 20 heavy (non-hydrogen) atoms. The number of nitrogen functional groups attached to an aromatic ring is 1. The molecule has 5 heteroatoms. The summed E-state index contributed by atoms with van der Waals surface area (Å²) in [5.41, 5.74) is 7.26. The van der Waals surface area contributed by atoms with Gasteiger partial charge in [-0.1, -0.05) is 46.3 Å². The summed E-state index contributed by atoms with van der Waals surface area (Å²) >= 11 is 3.43. The van der Waals surface area contributed by atoms with E-state index in [1.807, 2.05) is 36.4 Å². The van der Waals surface area contributed by atoms with Gasteiger partial charge in [0.1, 0.15) is 5.75 Å². The number of anilines is 1. The molecule has 0 atom stereocenters. The average Bonchev–Trinajstić information content (AvgIpc) is 2.45. The van der Waals surface area contributed by atoms with Gasteiger partial charge in [-0.3, -0.25) is 4.79 Å². The summed E-state index contributed by atoms with van der Waals surface area (Å²) in [6, 6.07) is 14.8. The Labute approximate surface area is 126 Å². The van der Waals surface area contributed by atoms with E-state index in [0.717, 1.165) is 10.0 Å². The van der Waals surface area contributed by atoms with Crippen LogP contribution in [0.4, 0.5) is 5.69 Å². The fraction of sp³-hybridized carbons (Fsp3) is 0.133. The Morgan fingerprint density at radius 2 is 1.85 bits per heavy atom. The van der Waals surface area contributed by atoms with Gasteiger partial charge in [-0.05, 0) is 23.8 Å². The molecule has 0 saturated carbocycles. The molecule has 104 valence electrons. The molecule has 0 unspecified atom stereocenters. The lowest BCUT2D eigenvalue weighted by Gasteiger charge is -2.09. The van der Waals surface area contributed by atoms with Gasteiger partial charge >= 0.3 is 0 Å². The average molecular weight is 335 g/mol. The Bertz CT molecular complexity index is 550. The minimum absolute atomic E-state index is 0.0569. The molecule has 2 rings (SSSR count). The van der Waals surface area contributed by atoms with Crippen molar-refractivity contribution in [1.82, 2.24) is 5.32 Å². The number of hydrogen-bond acceptors (Lipinski definition) is 3. The van der Waals surface area contributed by atoms with Gasteiger partial charge in [-0.15, -0.1) is 0 Å². The van der Waals surface area contributed by atoms with Crippen LogP contribution in [-0.2, 0) is 11.3 Å². The maximum absolute atomic E-state index is 11.7. The topological polar surface area (TPSA) is 64.3 Å². The molecule has 2 aromatic rings. The molecule has 0 fully saturated rings. The number of nitrogens with one attached hydrogen (secondary N) is 1. The number of rotatable bonds is 5. The van der Waals surface area contributed by atoms with E-state index >= 15 is 0 Å². The van der Waals surface area contributed by atoms with Crippen LogP contribution in [0.15, 0.2) is 53.0 Å². The van der Waals surface area contributed by atoms with Gasteiger partial charge in [0, 0.05) is 11.0 Å². The molecule has 0 heterocycles. The number of carbonyl (C=O) groups is 1. The summed E-state index contributed by atoms with van der Waals surface area (Å²) in [7, 11) is 0. The molecule has 0 radical (unpaired) electrons. The van der Waals surface area contributed by atoms with Crippen molar-refractivity contribution in [3.05, 3.63) is 58.6 Å². The van der Waals surface area contributed by atoms with E-state index in [4.69, 9.17) is 10.5 Å². The van der Waals surface area contributed by atoms with Crippen LogP contribution >= 0.6 is 15.9 Å². The summed E-state index contributed by atoms with van der Waals surface area (Å²) < 4.78 is 6.33. The van der Waals surface area contributed by atoms with E-state index in [2.05, 4.69) is 21.2 Å². The van der Waals surface area contributed by atoms with Crippen LogP contribution in [0.3, 0.4) is 0 Å². The van der Waals surface area contributed by atoms with Crippen molar-refractivity contribution >= 4 is 27.5 Å². The summed E-state index contributed by atoms with van der Waals surface area (Å²) in [4.78, 5) is 11.7. The van der Waals surface area contributed by atoms with E-state index in [1.54, 1.807) is 12.1 Å². The highest BCUT2D eigenvalue weighted by Crippen LogP contribution is 2.19. The van der Waals surface area contributed by atoms with E-state index in [9.17, 15) is 4.79 Å². The molecule has 0 aliphatic carbocycles. The Hall–Kier alpha value is -2.01. The zero-order valence-corrected chi connectivity index (χ0v) is 12.4. The first-order chi connectivity index (χ1) is 9.66. The van der Waals surface area contributed by atoms with Crippen LogP contribution in [0, 0.1) is 0 Å². The number of ether oxygens (including phenoxy) is 1. The molecule has 0 aliphatic heterocycles. The first-order valence-corrected chi connectivity index (χ1v) is 6.93. The summed E-state index contributed by atoms with van der Waals surface area (Å²) in [5, 5.41) is 2.79. The zero-order valence-electron chi connectivity index (χ0n) is 10.8. The predicted octanol–water partition coefficient (Wildman–Crippen LogP) is 2.73. The van der Waals surface area contributed by atoms with Crippen LogP contribution in [0.2, 0.25) is 0 Å². The summed E-state index contributed by atoms with van der Waals surface area (Å²) in [6.45, 7) is 0.395. The van der Waals surface area contributed by atoms with Gasteiger partial charge in [0.25, 0.3) is 5.91 Å². The number of carbonyl (C=O) groups excluding carboxylic acids is 1. The quantitative estimate of drug-likeness (QED) is 0.826. The molecule has 0 bridgehead atoms. The largest absolute Gasteiger partial charge is 0.482 e. The van der Waals surface area contributed by atoms with Crippen molar-refractivity contribution in [2.45, 2.75) is 6.54 Å². The minimum atomic E-state index is -0.191. The Balaban J connectivity index is 1.82. The van der Waals surface area contributed by atoms with Gasteiger partial charge in [-0.2, -0.15) is 0 Å². The van der Waals surface area contributed by atoms with Gasteiger partial charge in [0.05, 0.1) is 5.69 Å². The number of hydrogen-bond donors (Lipinski definition) is 2. The normalized spacial score (nSPS) is 10.1. The van der Waals surface area contributed by atoms with Gasteiger partial charge in [-0.25, -0.2) is 0 Å². The van der Waals surface area contributed by atoms with Crippen LogP contribution < -0.4 is 15.8 Å². The lowest BCUT2D eigenvalue weighted by molar-refractivity contribution is -0.123. The first-order valence-electron chi connectivity index (χ1n) is 6.14. The third-order valence-electron chi connectivity index (χ3n) is 2.71. The molecule has 4 nitrogen and oxygen atoms in total. The van der Waals surface area contributed by atoms with Crippen LogP contribution in [-0.4, -0.2) is 12.5 Å². The van der Waals surface area contributed by atoms with Crippen molar-refractivity contribution in [3.8, 4) is 5.75 Å². The Kier molecular flexibility index (Phi) is 5.01. The maximum Gasteiger partial charge on any atom is 0.258 e. The molecule has 1 amide bonds. The van der Waals surface area contributed by atoms with Gasteiger partial charge in [0.2, 0.25) is 0 Å². The number of amides is 1. The highest BCUT2D eigenvalue weighted by molar-refractivity contribution is 9.10. The lowest BCUT2D eigenvalue weighted by Crippen LogP contribution is -2.28. The molecular weight excluding hydrogens is 320 g/mol. The van der Waals surface area contributed by atoms with E-state index in [-0.39, 0.29) is 12.5 Å². The van der Waals surface area contributed by atoms with Gasteiger partial charge < -0.3 is 15.8 Å². The Morgan fingerprint density at radius 1 is 1.15 bits per heavy atom. The monoisotopic (exact) mass is 334 g/mol.